The molecule has 0 fully saturated rings. The monoisotopic (exact) mass is 267 g/mol. The molecular formula is C10H16F3N3S. The van der Waals surface area contributed by atoms with E-state index in [-0.39, 0.29) is 5.69 Å². The van der Waals surface area contributed by atoms with E-state index in [1.165, 1.54) is 16.7 Å². The average molecular weight is 267 g/mol. The summed E-state index contributed by atoms with van der Waals surface area (Å²) in [5, 5.41) is 2.06. The number of thiazole rings is 1. The Hall–Kier alpha value is -0.660. The Morgan fingerprint density at radius 1 is 1.41 bits per heavy atom. The van der Waals surface area contributed by atoms with E-state index < -0.39 is 11.7 Å². The van der Waals surface area contributed by atoms with Crippen LogP contribution in [0.1, 0.15) is 17.6 Å². The smallest absolute Gasteiger partial charge is 0.313 e. The predicted molar refractivity (Wildman–Crippen MR) is 62.0 cm³/mol. The van der Waals surface area contributed by atoms with E-state index in [4.69, 9.17) is 5.73 Å². The second-order valence-corrected chi connectivity index (χ2v) is 5.32. The number of nitrogens with two attached hydrogens (primary N) is 1. The van der Waals surface area contributed by atoms with Gasteiger partial charge in [0.25, 0.3) is 0 Å². The number of likely N-dealkylation sites (N-methyl/N-ethyl adjacent to an activating group) is 1. The molecule has 0 radical (unpaired) electrons. The third-order valence-electron chi connectivity index (χ3n) is 2.45. The van der Waals surface area contributed by atoms with E-state index in [0.29, 0.717) is 11.4 Å². The zero-order valence-corrected chi connectivity index (χ0v) is 10.8. The minimum Gasteiger partial charge on any atom is -0.313 e. The van der Waals surface area contributed by atoms with Crippen LogP contribution >= 0.6 is 11.3 Å². The van der Waals surface area contributed by atoms with E-state index in [2.05, 4.69) is 4.98 Å². The lowest BCUT2D eigenvalue weighted by Gasteiger charge is -2.25. The van der Waals surface area contributed by atoms with Gasteiger partial charge in [-0.2, -0.15) is 13.2 Å². The first kappa shape index (κ1) is 14.4. The minimum absolute atomic E-state index is 0.108. The van der Waals surface area contributed by atoms with Crippen molar-refractivity contribution < 1.29 is 13.2 Å². The van der Waals surface area contributed by atoms with Crippen molar-refractivity contribution in [2.24, 2.45) is 5.73 Å². The Labute approximate surface area is 102 Å². The lowest BCUT2D eigenvalue weighted by molar-refractivity contribution is -0.185. The molecule has 0 aliphatic carbocycles. The van der Waals surface area contributed by atoms with E-state index in [0.717, 1.165) is 13.5 Å². The number of alkyl halides is 3. The highest BCUT2D eigenvalue weighted by molar-refractivity contribution is 7.09. The summed E-state index contributed by atoms with van der Waals surface area (Å²) in [6.07, 6.45) is -3.86. The van der Waals surface area contributed by atoms with Gasteiger partial charge in [0.1, 0.15) is 0 Å². The molecule has 3 nitrogen and oxygen atoms in total. The minimum atomic E-state index is -4.49. The first-order valence-electron chi connectivity index (χ1n) is 5.10. The molecule has 2 N–H and O–H groups in total. The molecule has 0 bridgehead atoms. The molecule has 0 aliphatic rings. The molecule has 1 rings (SSSR count). The quantitative estimate of drug-likeness (QED) is 0.907. The van der Waals surface area contributed by atoms with Crippen LogP contribution < -0.4 is 5.73 Å². The summed E-state index contributed by atoms with van der Waals surface area (Å²) < 4.78 is 38.0. The normalized spacial score (nSPS) is 16.2. The summed E-state index contributed by atoms with van der Waals surface area (Å²) in [5.74, 6) is 0. The van der Waals surface area contributed by atoms with Crippen LogP contribution in [-0.4, -0.2) is 36.7 Å². The zero-order chi connectivity index (χ0) is 13.3. The topological polar surface area (TPSA) is 42.2 Å². The Morgan fingerprint density at radius 2 is 2.00 bits per heavy atom. The summed E-state index contributed by atoms with van der Waals surface area (Å²) in [7, 11) is 3.80. The van der Waals surface area contributed by atoms with Crippen LogP contribution in [0.25, 0.3) is 0 Å². The average Bonchev–Trinajstić information content (AvgIpc) is 2.61. The Kier molecular flexibility index (Phi) is 4.16. The predicted octanol–water partition coefficient (Wildman–Crippen LogP) is 1.98. The molecule has 1 heterocycles. The first-order chi connectivity index (χ1) is 7.64. The van der Waals surface area contributed by atoms with Crippen molar-refractivity contribution in [2.75, 3.05) is 20.6 Å². The fraction of sp³-hybridized carbons (Fsp3) is 0.700. The SMILES string of the molecule is CN(C)CCc1nc(C(C)(N)C(F)(F)F)cs1. The molecular weight excluding hydrogens is 251 g/mol. The van der Waals surface area contributed by atoms with Crippen LogP contribution in [0.5, 0.6) is 0 Å². The number of aromatic nitrogens is 1. The van der Waals surface area contributed by atoms with Crippen LogP contribution in [0, 0.1) is 0 Å². The molecule has 0 saturated carbocycles. The molecule has 0 saturated heterocycles. The van der Waals surface area contributed by atoms with Gasteiger partial charge in [0.15, 0.2) is 5.54 Å². The second kappa shape index (κ2) is 4.91. The largest absolute Gasteiger partial charge is 0.411 e. The summed E-state index contributed by atoms with van der Waals surface area (Å²) in [4.78, 5) is 5.92. The number of rotatable bonds is 4. The molecule has 1 atom stereocenters. The van der Waals surface area contributed by atoms with Crippen molar-refractivity contribution in [1.29, 1.82) is 0 Å². The standard InChI is InChI=1S/C10H16F3N3S/c1-9(14,10(11,12)13)7-6-17-8(15-7)4-5-16(2)3/h6H,4-5,14H2,1-3H3. The van der Waals surface area contributed by atoms with Gasteiger partial charge in [0, 0.05) is 18.3 Å². The Morgan fingerprint density at radius 3 is 2.47 bits per heavy atom. The molecule has 0 aromatic carbocycles. The summed E-state index contributed by atoms with van der Waals surface area (Å²) in [6, 6.07) is 0. The van der Waals surface area contributed by atoms with Crippen molar-refractivity contribution in [3.63, 3.8) is 0 Å². The van der Waals surface area contributed by atoms with Crippen LogP contribution in [0.15, 0.2) is 5.38 Å². The fourth-order valence-corrected chi connectivity index (χ4v) is 2.03. The van der Waals surface area contributed by atoms with Gasteiger partial charge in [0.05, 0.1) is 10.7 Å². The molecule has 1 aromatic rings. The van der Waals surface area contributed by atoms with Gasteiger partial charge in [0.2, 0.25) is 0 Å². The maximum Gasteiger partial charge on any atom is 0.411 e. The van der Waals surface area contributed by atoms with Crippen LogP contribution in [0.4, 0.5) is 13.2 Å². The maximum atomic E-state index is 12.7. The molecule has 1 aromatic heterocycles. The molecule has 0 spiro atoms. The number of nitrogens with zero attached hydrogens (tertiary/aromatic N) is 2. The van der Waals surface area contributed by atoms with Crippen molar-refractivity contribution in [3.05, 3.63) is 16.1 Å². The number of hydrogen-bond acceptors (Lipinski definition) is 4. The third-order valence-corrected chi connectivity index (χ3v) is 3.35. The molecule has 7 heteroatoms. The molecule has 0 aliphatic heterocycles. The highest BCUT2D eigenvalue weighted by Crippen LogP contribution is 2.36. The van der Waals surface area contributed by atoms with Crippen molar-refractivity contribution in [1.82, 2.24) is 9.88 Å². The molecule has 1 unspecified atom stereocenters. The Balaban J connectivity index is 2.81. The van der Waals surface area contributed by atoms with Gasteiger partial charge < -0.3 is 10.6 Å². The van der Waals surface area contributed by atoms with Gasteiger partial charge in [-0.1, -0.05) is 0 Å². The number of halogens is 3. The molecule has 0 amide bonds. The molecule has 17 heavy (non-hydrogen) atoms. The second-order valence-electron chi connectivity index (χ2n) is 4.38. The fourth-order valence-electron chi connectivity index (χ4n) is 1.13. The van der Waals surface area contributed by atoms with Gasteiger partial charge >= 0.3 is 6.18 Å². The lowest BCUT2D eigenvalue weighted by Crippen LogP contribution is -2.48. The number of hydrogen-bond donors (Lipinski definition) is 1. The lowest BCUT2D eigenvalue weighted by atomic mass is 10.00. The van der Waals surface area contributed by atoms with Crippen LogP contribution in [0.2, 0.25) is 0 Å². The van der Waals surface area contributed by atoms with E-state index in [1.807, 2.05) is 19.0 Å². The summed E-state index contributed by atoms with van der Waals surface area (Å²) in [6.45, 7) is 1.69. The van der Waals surface area contributed by atoms with Crippen LogP contribution in [0.3, 0.4) is 0 Å². The van der Waals surface area contributed by atoms with Gasteiger partial charge in [-0.15, -0.1) is 11.3 Å². The van der Waals surface area contributed by atoms with Gasteiger partial charge in [-0.25, -0.2) is 4.98 Å². The third kappa shape index (κ3) is 3.40. The van der Waals surface area contributed by atoms with E-state index >= 15 is 0 Å². The van der Waals surface area contributed by atoms with E-state index in [9.17, 15) is 13.2 Å². The van der Waals surface area contributed by atoms with Crippen molar-refractivity contribution >= 4 is 11.3 Å². The first-order valence-corrected chi connectivity index (χ1v) is 5.98. The van der Waals surface area contributed by atoms with Crippen molar-refractivity contribution in [2.45, 2.75) is 25.1 Å². The maximum absolute atomic E-state index is 12.7. The highest BCUT2D eigenvalue weighted by atomic mass is 32.1. The van der Waals surface area contributed by atoms with E-state index in [1.54, 1.807) is 0 Å². The van der Waals surface area contributed by atoms with Crippen LogP contribution in [-0.2, 0) is 12.0 Å². The van der Waals surface area contributed by atoms with Gasteiger partial charge in [-0.05, 0) is 21.0 Å². The highest BCUT2D eigenvalue weighted by Gasteiger charge is 2.50. The Bertz CT molecular complexity index is 371. The summed E-state index contributed by atoms with van der Waals surface area (Å²) in [5.41, 5.74) is 2.81. The summed E-state index contributed by atoms with van der Waals surface area (Å²) >= 11 is 1.22. The molecule has 98 valence electrons. The van der Waals surface area contributed by atoms with Crippen molar-refractivity contribution in [3.8, 4) is 0 Å². The van der Waals surface area contributed by atoms with Gasteiger partial charge in [-0.3, -0.25) is 0 Å². The zero-order valence-electron chi connectivity index (χ0n) is 10.0.